The molecular formula is C25H22F4N4O5S2. The van der Waals surface area contributed by atoms with Crippen LogP contribution >= 0.6 is 22.7 Å². The molecule has 4 aromatic rings. The third-order valence-electron chi connectivity index (χ3n) is 6.33. The van der Waals surface area contributed by atoms with Crippen LogP contribution in [-0.2, 0) is 46.6 Å². The van der Waals surface area contributed by atoms with E-state index in [0.717, 1.165) is 40.4 Å². The number of methoxy groups -OCH3 is 1. The van der Waals surface area contributed by atoms with Crippen molar-refractivity contribution < 1.29 is 31.9 Å². The molecule has 0 aliphatic heterocycles. The summed E-state index contributed by atoms with van der Waals surface area (Å²) in [5.74, 6) is -2.95. The monoisotopic (exact) mass is 598 g/mol. The molecule has 0 aliphatic rings. The van der Waals surface area contributed by atoms with Crippen LogP contribution in [0, 0.1) is 5.82 Å². The number of alkyl halides is 3. The number of aryl methyl sites for hydroxylation is 1. The van der Waals surface area contributed by atoms with Crippen LogP contribution < -0.4 is 16.1 Å². The normalized spacial score (nSPS) is 12.8. The van der Waals surface area contributed by atoms with E-state index in [1.54, 1.807) is 5.38 Å². The Morgan fingerprint density at radius 1 is 1.05 bits per heavy atom. The molecule has 0 atom stereocenters. The van der Waals surface area contributed by atoms with Gasteiger partial charge in [-0.15, -0.1) is 22.7 Å². The first-order chi connectivity index (χ1) is 18.6. The Kier molecular flexibility index (Phi) is 7.49. The van der Waals surface area contributed by atoms with Crippen LogP contribution in [0.3, 0.4) is 0 Å². The number of esters is 1. The maximum absolute atomic E-state index is 14.4. The van der Waals surface area contributed by atoms with Crippen LogP contribution in [-0.4, -0.2) is 32.7 Å². The van der Waals surface area contributed by atoms with Gasteiger partial charge in [0.05, 0.1) is 30.2 Å². The summed E-state index contributed by atoms with van der Waals surface area (Å²) in [6, 6.07) is 2.34. The average Bonchev–Trinajstić information content (AvgIpc) is 3.49. The molecule has 0 spiro atoms. The summed E-state index contributed by atoms with van der Waals surface area (Å²) in [6.45, 7) is 2.91. The Bertz CT molecular complexity index is 1860. The number of nitrogens with zero attached hydrogens (tertiary/aromatic N) is 4. The van der Waals surface area contributed by atoms with Gasteiger partial charge in [0, 0.05) is 25.0 Å². The number of fused-ring (bicyclic) bond motifs is 1. The second-order valence-electron chi connectivity index (χ2n) is 9.31. The first-order valence-corrected chi connectivity index (χ1v) is 13.3. The van der Waals surface area contributed by atoms with E-state index in [2.05, 4.69) is 4.99 Å². The van der Waals surface area contributed by atoms with Crippen molar-refractivity contribution in [3.8, 4) is 11.3 Å². The van der Waals surface area contributed by atoms with Crippen molar-refractivity contribution in [2.75, 3.05) is 7.11 Å². The SMILES string of the molecule is COC(=O)C(C)(C)n1c(-c2ccc(C(F)(F)F)c(F)c2)csc1=NC(=O)Cc1csc2c1c(=O)n(C)c(=O)n2C. The van der Waals surface area contributed by atoms with E-state index < -0.39 is 46.2 Å². The number of ether oxygens (including phenoxy) is 1. The number of rotatable bonds is 5. The Morgan fingerprint density at radius 2 is 1.73 bits per heavy atom. The zero-order valence-corrected chi connectivity index (χ0v) is 23.4. The number of aromatic nitrogens is 3. The van der Waals surface area contributed by atoms with Crippen molar-refractivity contribution in [2.45, 2.75) is 32.0 Å². The first-order valence-electron chi connectivity index (χ1n) is 11.5. The fourth-order valence-corrected chi connectivity index (χ4v) is 6.31. The zero-order chi connectivity index (χ0) is 29.7. The minimum atomic E-state index is -4.90. The third-order valence-corrected chi connectivity index (χ3v) is 8.26. The van der Waals surface area contributed by atoms with E-state index in [1.807, 2.05) is 0 Å². The lowest BCUT2D eigenvalue weighted by Crippen LogP contribution is -2.42. The van der Waals surface area contributed by atoms with Crippen LogP contribution in [0.5, 0.6) is 0 Å². The number of amides is 1. The lowest BCUT2D eigenvalue weighted by atomic mass is 10.0. The van der Waals surface area contributed by atoms with Gasteiger partial charge in [-0.3, -0.25) is 23.3 Å². The molecule has 3 heterocycles. The van der Waals surface area contributed by atoms with Crippen LogP contribution in [0.4, 0.5) is 17.6 Å². The highest BCUT2D eigenvalue weighted by Gasteiger charge is 2.36. The van der Waals surface area contributed by atoms with Crippen LogP contribution in [0.1, 0.15) is 25.0 Å². The number of thiophene rings is 1. The van der Waals surface area contributed by atoms with E-state index in [-0.39, 0.29) is 27.9 Å². The molecule has 9 nitrogen and oxygen atoms in total. The van der Waals surface area contributed by atoms with E-state index >= 15 is 0 Å². The molecule has 40 heavy (non-hydrogen) atoms. The van der Waals surface area contributed by atoms with E-state index in [1.165, 1.54) is 42.5 Å². The van der Waals surface area contributed by atoms with Crippen molar-refractivity contribution >= 4 is 44.8 Å². The first kappa shape index (κ1) is 29.1. The number of thiazole rings is 1. The molecule has 0 aliphatic carbocycles. The summed E-state index contributed by atoms with van der Waals surface area (Å²) in [5, 5.41) is 3.22. The van der Waals surface area contributed by atoms with E-state index in [9.17, 15) is 36.7 Å². The van der Waals surface area contributed by atoms with Gasteiger partial charge >= 0.3 is 17.8 Å². The van der Waals surface area contributed by atoms with Crippen molar-refractivity contribution in [3.63, 3.8) is 0 Å². The lowest BCUT2D eigenvalue weighted by Gasteiger charge is -2.26. The summed E-state index contributed by atoms with van der Waals surface area (Å²) >= 11 is 2.03. The predicted molar refractivity (Wildman–Crippen MR) is 141 cm³/mol. The van der Waals surface area contributed by atoms with Gasteiger partial charge in [0.2, 0.25) is 0 Å². The van der Waals surface area contributed by atoms with Crippen LogP contribution in [0.15, 0.2) is 43.5 Å². The summed E-state index contributed by atoms with van der Waals surface area (Å²) in [5.41, 5.74) is -3.54. The molecular weight excluding hydrogens is 576 g/mol. The Labute approximate surface area is 231 Å². The molecule has 1 amide bonds. The number of carbonyl (C=O) groups excluding carboxylic acids is 2. The minimum absolute atomic E-state index is 0.00413. The van der Waals surface area contributed by atoms with Crippen LogP contribution in [0.2, 0.25) is 0 Å². The Hall–Kier alpha value is -3.85. The van der Waals surface area contributed by atoms with Gasteiger partial charge in [0.25, 0.3) is 11.5 Å². The zero-order valence-electron chi connectivity index (χ0n) is 21.8. The van der Waals surface area contributed by atoms with Crippen molar-refractivity contribution in [3.05, 3.63) is 71.5 Å². The highest BCUT2D eigenvalue weighted by atomic mass is 32.1. The highest BCUT2D eigenvalue weighted by Crippen LogP contribution is 2.35. The number of benzene rings is 1. The molecule has 0 N–H and O–H groups in total. The topological polar surface area (TPSA) is 105 Å². The highest BCUT2D eigenvalue weighted by molar-refractivity contribution is 7.17. The lowest BCUT2D eigenvalue weighted by molar-refractivity contribution is -0.149. The molecule has 0 fully saturated rings. The maximum Gasteiger partial charge on any atom is 0.419 e. The summed E-state index contributed by atoms with van der Waals surface area (Å²) < 4.78 is 62.1. The van der Waals surface area contributed by atoms with Crippen molar-refractivity contribution in [2.24, 2.45) is 19.1 Å². The molecule has 0 radical (unpaired) electrons. The molecule has 1 aromatic carbocycles. The molecule has 0 saturated carbocycles. The summed E-state index contributed by atoms with van der Waals surface area (Å²) in [6.07, 6.45) is -5.21. The minimum Gasteiger partial charge on any atom is -0.467 e. The number of carbonyl (C=O) groups is 2. The molecule has 0 unspecified atom stereocenters. The standard InChI is InChI=1S/C25H22F4N4O5S2/c1-24(2,21(36)38-5)33-16(12-6-7-14(15(26)8-12)25(27,28)29)11-40-22(33)30-17(34)9-13-10-39-20-18(13)19(35)31(3)23(37)32(20)4/h6-8,10-11H,9H2,1-5H3. The van der Waals surface area contributed by atoms with Gasteiger partial charge in [-0.1, -0.05) is 6.07 Å². The fraction of sp³-hybridized carbons (Fsp3) is 0.320. The van der Waals surface area contributed by atoms with Crippen LogP contribution in [0.25, 0.3) is 21.5 Å². The number of halogens is 4. The van der Waals surface area contributed by atoms with Gasteiger partial charge in [0.15, 0.2) is 4.80 Å². The molecule has 4 rings (SSSR count). The van der Waals surface area contributed by atoms with Crippen molar-refractivity contribution in [1.82, 2.24) is 13.7 Å². The smallest absolute Gasteiger partial charge is 0.419 e. The van der Waals surface area contributed by atoms with Gasteiger partial charge in [-0.25, -0.2) is 14.0 Å². The molecule has 212 valence electrons. The average molecular weight is 599 g/mol. The van der Waals surface area contributed by atoms with E-state index in [4.69, 9.17) is 4.74 Å². The quantitative estimate of drug-likeness (QED) is 0.258. The number of hydrogen-bond acceptors (Lipinski definition) is 7. The van der Waals surface area contributed by atoms with Gasteiger partial charge in [-0.05, 0) is 36.9 Å². The molecule has 0 saturated heterocycles. The molecule has 3 aromatic heterocycles. The van der Waals surface area contributed by atoms with Crippen molar-refractivity contribution in [1.29, 1.82) is 0 Å². The predicted octanol–water partition coefficient (Wildman–Crippen LogP) is 3.56. The maximum atomic E-state index is 14.4. The van der Waals surface area contributed by atoms with E-state index in [0.29, 0.717) is 22.5 Å². The summed E-state index contributed by atoms with van der Waals surface area (Å²) in [7, 11) is 3.98. The van der Waals surface area contributed by atoms with Gasteiger partial charge in [-0.2, -0.15) is 18.2 Å². The molecule has 0 bridgehead atoms. The Balaban J connectivity index is 1.85. The van der Waals surface area contributed by atoms with Gasteiger partial charge in [0.1, 0.15) is 16.2 Å². The second kappa shape index (κ2) is 10.3. The fourth-order valence-electron chi connectivity index (χ4n) is 4.24. The van der Waals surface area contributed by atoms with Gasteiger partial charge < -0.3 is 4.74 Å². The summed E-state index contributed by atoms with van der Waals surface area (Å²) in [4.78, 5) is 55.3. The third kappa shape index (κ3) is 4.94. The largest absolute Gasteiger partial charge is 0.467 e. The molecule has 15 heteroatoms. The Morgan fingerprint density at radius 3 is 2.33 bits per heavy atom. The second-order valence-corrected chi connectivity index (χ2v) is 11.0. The number of hydrogen-bond donors (Lipinski definition) is 0.